The lowest BCUT2D eigenvalue weighted by molar-refractivity contribution is 0.385. The maximum atomic E-state index is 5.16. The minimum atomic E-state index is 0.462. The molecule has 1 aromatic heterocycles. The van der Waals surface area contributed by atoms with Crippen LogP contribution < -0.4 is 10.1 Å². The normalized spacial score (nSPS) is 21.8. The van der Waals surface area contributed by atoms with Gasteiger partial charge < -0.3 is 10.1 Å². The third kappa shape index (κ3) is 1.62. The molecular formula is C9H13N3O. The molecule has 1 aliphatic rings. The Bertz CT molecular complexity index is 284. The lowest BCUT2D eigenvalue weighted by Crippen LogP contribution is -2.10. The monoisotopic (exact) mass is 179 g/mol. The predicted molar refractivity (Wildman–Crippen MR) is 48.8 cm³/mol. The van der Waals surface area contributed by atoms with Gasteiger partial charge in [0.15, 0.2) is 0 Å². The standard InChI is InChI=1S/C9H13N3O/c1-13-9-8(11-4-5-12-9)7-2-3-10-6-7/h4-5,7,10H,2-3,6H2,1H3. The van der Waals surface area contributed by atoms with Crippen molar-refractivity contribution in [3.05, 3.63) is 18.1 Å². The molecular weight excluding hydrogens is 166 g/mol. The molecule has 1 aromatic rings. The SMILES string of the molecule is COc1nccnc1C1CCNC1. The Morgan fingerprint density at radius 3 is 3.00 bits per heavy atom. The van der Waals surface area contributed by atoms with E-state index in [0.717, 1.165) is 25.2 Å². The molecule has 1 atom stereocenters. The lowest BCUT2D eigenvalue weighted by Gasteiger charge is -2.10. The van der Waals surface area contributed by atoms with Gasteiger partial charge in [-0.15, -0.1) is 0 Å². The molecule has 13 heavy (non-hydrogen) atoms. The van der Waals surface area contributed by atoms with Gasteiger partial charge >= 0.3 is 0 Å². The number of rotatable bonds is 2. The predicted octanol–water partition coefficient (Wildman–Crippen LogP) is 0.562. The molecule has 1 aliphatic heterocycles. The third-order valence-corrected chi connectivity index (χ3v) is 2.33. The van der Waals surface area contributed by atoms with Crippen LogP contribution in [0.1, 0.15) is 18.0 Å². The number of methoxy groups -OCH3 is 1. The first kappa shape index (κ1) is 8.44. The highest BCUT2D eigenvalue weighted by Gasteiger charge is 2.21. The molecule has 2 heterocycles. The lowest BCUT2D eigenvalue weighted by atomic mass is 10.1. The summed E-state index contributed by atoms with van der Waals surface area (Å²) in [7, 11) is 1.63. The third-order valence-electron chi connectivity index (χ3n) is 2.33. The van der Waals surface area contributed by atoms with Gasteiger partial charge in [0.1, 0.15) is 5.69 Å². The number of hydrogen-bond donors (Lipinski definition) is 1. The van der Waals surface area contributed by atoms with E-state index in [4.69, 9.17) is 4.74 Å². The average molecular weight is 179 g/mol. The first-order valence-electron chi connectivity index (χ1n) is 4.47. The van der Waals surface area contributed by atoms with Crippen LogP contribution >= 0.6 is 0 Å². The molecule has 0 aromatic carbocycles. The van der Waals surface area contributed by atoms with Crippen LogP contribution in [0.3, 0.4) is 0 Å². The topological polar surface area (TPSA) is 47.0 Å². The molecule has 0 radical (unpaired) electrons. The van der Waals surface area contributed by atoms with Crippen molar-refractivity contribution in [2.45, 2.75) is 12.3 Å². The summed E-state index contributed by atoms with van der Waals surface area (Å²) in [5, 5.41) is 3.30. The van der Waals surface area contributed by atoms with Crippen molar-refractivity contribution in [1.82, 2.24) is 15.3 Å². The van der Waals surface area contributed by atoms with Crippen LogP contribution in [-0.4, -0.2) is 30.2 Å². The van der Waals surface area contributed by atoms with Gasteiger partial charge in [-0.05, 0) is 13.0 Å². The van der Waals surface area contributed by atoms with Crippen molar-refractivity contribution in [2.24, 2.45) is 0 Å². The van der Waals surface area contributed by atoms with Crippen LogP contribution in [0.5, 0.6) is 5.88 Å². The number of hydrogen-bond acceptors (Lipinski definition) is 4. The van der Waals surface area contributed by atoms with Crippen molar-refractivity contribution in [3.63, 3.8) is 0 Å². The Kier molecular flexibility index (Phi) is 2.40. The summed E-state index contributed by atoms with van der Waals surface area (Å²) in [5.74, 6) is 1.12. The fourth-order valence-corrected chi connectivity index (χ4v) is 1.66. The molecule has 70 valence electrons. The fraction of sp³-hybridized carbons (Fsp3) is 0.556. The Balaban J connectivity index is 2.26. The quantitative estimate of drug-likeness (QED) is 0.720. The van der Waals surface area contributed by atoms with Gasteiger partial charge in [0, 0.05) is 24.9 Å². The van der Waals surface area contributed by atoms with E-state index in [2.05, 4.69) is 15.3 Å². The van der Waals surface area contributed by atoms with Crippen molar-refractivity contribution < 1.29 is 4.74 Å². The molecule has 4 heteroatoms. The zero-order valence-electron chi connectivity index (χ0n) is 7.66. The largest absolute Gasteiger partial charge is 0.480 e. The van der Waals surface area contributed by atoms with E-state index >= 15 is 0 Å². The highest BCUT2D eigenvalue weighted by Crippen LogP contribution is 2.26. The fourth-order valence-electron chi connectivity index (χ4n) is 1.66. The molecule has 4 nitrogen and oxygen atoms in total. The van der Waals surface area contributed by atoms with Crippen molar-refractivity contribution in [2.75, 3.05) is 20.2 Å². The van der Waals surface area contributed by atoms with E-state index in [1.165, 1.54) is 0 Å². The van der Waals surface area contributed by atoms with Crippen LogP contribution in [0, 0.1) is 0 Å². The highest BCUT2D eigenvalue weighted by molar-refractivity contribution is 5.22. The van der Waals surface area contributed by atoms with Gasteiger partial charge in [-0.25, -0.2) is 4.98 Å². The van der Waals surface area contributed by atoms with Gasteiger partial charge in [0.2, 0.25) is 5.88 Å². The second-order valence-corrected chi connectivity index (χ2v) is 3.14. The minimum Gasteiger partial charge on any atom is -0.480 e. The van der Waals surface area contributed by atoms with Crippen molar-refractivity contribution in [1.29, 1.82) is 0 Å². The molecule has 0 aliphatic carbocycles. The molecule has 1 saturated heterocycles. The Morgan fingerprint density at radius 1 is 1.46 bits per heavy atom. The Hall–Kier alpha value is -1.16. The van der Waals surface area contributed by atoms with E-state index in [-0.39, 0.29) is 0 Å². The number of nitrogens with one attached hydrogen (secondary N) is 1. The van der Waals surface area contributed by atoms with Crippen LogP contribution in [0.15, 0.2) is 12.4 Å². The van der Waals surface area contributed by atoms with Gasteiger partial charge in [0.25, 0.3) is 0 Å². The maximum absolute atomic E-state index is 5.16. The van der Waals surface area contributed by atoms with E-state index in [0.29, 0.717) is 11.8 Å². The van der Waals surface area contributed by atoms with Crippen LogP contribution in [-0.2, 0) is 0 Å². The van der Waals surface area contributed by atoms with Gasteiger partial charge in [-0.3, -0.25) is 4.98 Å². The number of nitrogens with zero attached hydrogens (tertiary/aromatic N) is 2. The Morgan fingerprint density at radius 2 is 2.31 bits per heavy atom. The first-order valence-corrected chi connectivity index (χ1v) is 4.47. The van der Waals surface area contributed by atoms with Crippen LogP contribution in [0.2, 0.25) is 0 Å². The van der Waals surface area contributed by atoms with Gasteiger partial charge in [-0.2, -0.15) is 0 Å². The summed E-state index contributed by atoms with van der Waals surface area (Å²) in [4.78, 5) is 8.43. The second kappa shape index (κ2) is 3.70. The molecule has 0 bridgehead atoms. The maximum Gasteiger partial charge on any atom is 0.235 e. The first-order chi connectivity index (χ1) is 6.42. The summed E-state index contributed by atoms with van der Waals surface area (Å²) >= 11 is 0. The zero-order chi connectivity index (χ0) is 9.10. The minimum absolute atomic E-state index is 0.462. The zero-order valence-corrected chi connectivity index (χ0v) is 7.66. The van der Waals surface area contributed by atoms with E-state index in [1.54, 1.807) is 19.5 Å². The number of aromatic nitrogens is 2. The molecule has 1 N–H and O–H groups in total. The molecule has 1 unspecified atom stereocenters. The summed E-state index contributed by atoms with van der Waals surface area (Å²) in [6.07, 6.45) is 4.50. The number of ether oxygens (including phenoxy) is 1. The summed E-state index contributed by atoms with van der Waals surface area (Å²) in [5.41, 5.74) is 0.981. The second-order valence-electron chi connectivity index (χ2n) is 3.14. The van der Waals surface area contributed by atoms with Crippen LogP contribution in [0.25, 0.3) is 0 Å². The van der Waals surface area contributed by atoms with Crippen molar-refractivity contribution in [3.8, 4) is 5.88 Å². The average Bonchev–Trinajstić information content (AvgIpc) is 2.70. The molecule has 0 saturated carbocycles. The van der Waals surface area contributed by atoms with E-state index in [9.17, 15) is 0 Å². The Labute approximate surface area is 77.4 Å². The van der Waals surface area contributed by atoms with E-state index in [1.807, 2.05) is 0 Å². The van der Waals surface area contributed by atoms with Crippen molar-refractivity contribution >= 4 is 0 Å². The molecule has 1 fully saturated rings. The van der Waals surface area contributed by atoms with Gasteiger partial charge in [0.05, 0.1) is 7.11 Å². The van der Waals surface area contributed by atoms with Gasteiger partial charge in [-0.1, -0.05) is 0 Å². The highest BCUT2D eigenvalue weighted by atomic mass is 16.5. The summed E-state index contributed by atoms with van der Waals surface area (Å²) in [6.45, 7) is 2.04. The smallest absolute Gasteiger partial charge is 0.235 e. The molecule has 2 rings (SSSR count). The molecule has 0 amide bonds. The van der Waals surface area contributed by atoms with E-state index < -0.39 is 0 Å². The summed E-state index contributed by atoms with van der Waals surface area (Å²) in [6, 6.07) is 0. The van der Waals surface area contributed by atoms with Crippen LogP contribution in [0.4, 0.5) is 0 Å². The molecule has 0 spiro atoms. The summed E-state index contributed by atoms with van der Waals surface area (Å²) < 4.78 is 5.16.